The minimum Gasteiger partial charge on any atom is -0.379 e. The molecule has 2 heteroatoms. The number of hydrogen-bond acceptors (Lipinski definition) is 2. The molecule has 0 saturated carbocycles. The first kappa shape index (κ1) is 13.2. The van der Waals surface area contributed by atoms with Gasteiger partial charge in [-0.25, -0.2) is 0 Å². The standard InChI is InChI=1S/C14H22O2/c1-3-13(2)11-15-9-10-16-12-14-7-5-4-6-8-14/h4-8,13H,3,9-12H2,1-2H3. The van der Waals surface area contributed by atoms with E-state index in [0.29, 0.717) is 25.7 Å². The van der Waals surface area contributed by atoms with E-state index < -0.39 is 0 Å². The summed E-state index contributed by atoms with van der Waals surface area (Å²) >= 11 is 0. The summed E-state index contributed by atoms with van der Waals surface area (Å²) in [7, 11) is 0. The predicted molar refractivity (Wildman–Crippen MR) is 66.4 cm³/mol. The zero-order chi connectivity index (χ0) is 11.6. The zero-order valence-corrected chi connectivity index (χ0v) is 10.3. The predicted octanol–water partition coefficient (Wildman–Crippen LogP) is 3.27. The summed E-state index contributed by atoms with van der Waals surface area (Å²) in [5, 5.41) is 0. The molecule has 0 fully saturated rings. The molecule has 1 rings (SSSR count). The van der Waals surface area contributed by atoms with E-state index in [1.54, 1.807) is 0 Å². The third-order valence-electron chi connectivity index (χ3n) is 2.58. The molecule has 0 spiro atoms. The van der Waals surface area contributed by atoms with Crippen molar-refractivity contribution in [2.24, 2.45) is 5.92 Å². The van der Waals surface area contributed by atoms with Crippen molar-refractivity contribution in [2.45, 2.75) is 26.9 Å². The van der Waals surface area contributed by atoms with Crippen LogP contribution in [-0.2, 0) is 16.1 Å². The molecule has 1 atom stereocenters. The van der Waals surface area contributed by atoms with Crippen LogP contribution in [0.3, 0.4) is 0 Å². The molecule has 16 heavy (non-hydrogen) atoms. The van der Waals surface area contributed by atoms with Gasteiger partial charge in [-0.3, -0.25) is 0 Å². The highest BCUT2D eigenvalue weighted by atomic mass is 16.5. The molecular weight excluding hydrogens is 200 g/mol. The Balaban J connectivity index is 1.96. The monoisotopic (exact) mass is 222 g/mol. The normalized spacial score (nSPS) is 12.6. The van der Waals surface area contributed by atoms with E-state index in [4.69, 9.17) is 9.47 Å². The third kappa shape index (κ3) is 5.89. The average Bonchev–Trinajstić information content (AvgIpc) is 2.34. The lowest BCUT2D eigenvalue weighted by atomic mass is 10.1. The molecule has 1 aromatic carbocycles. The van der Waals surface area contributed by atoms with E-state index in [0.717, 1.165) is 6.61 Å². The van der Waals surface area contributed by atoms with Crippen molar-refractivity contribution in [3.05, 3.63) is 35.9 Å². The number of hydrogen-bond donors (Lipinski definition) is 0. The van der Waals surface area contributed by atoms with Crippen LogP contribution in [0.2, 0.25) is 0 Å². The molecule has 0 bridgehead atoms. The molecule has 0 radical (unpaired) electrons. The van der Waals surface area contributed by atoms with Gasteiger partial charge in [-0.15, -0.1) is 0 Å². The molecule has 0 N–H and O–H groups in total. The molecular formula is C14H22O2. The van der Waals surface area contributed by atoms with Gasteiger partial charge in [0.1, 0.15) is 0 Å². The minimum absolute atomic E-state index is 0.647. The third-order valence-corrected chi connectivity index (χ3v) is 2.58. The summed E-state index contributed by atoms with van der Waals surface area (Å²) in [6.45, 7) is 7.26. The van der Waals surface area contributed by atoms with E-state index in [2.05, 4.69) is 26.0 Å². The molecule has 1 unspecified atom stereocenters. The van der Waals surface area contributed by atoms with Gasteiger partial charge in [-0.1, -0.05) is 50.6 Å². The molecule has 0 heterocycles. The molecule has 0 amide bonds. The van der Waals surface area contributed by atoms with E-state index in [1.165, 1.54) is 12.0 Å². The molecule has 0 aliphatic carbocycles. The van der Waals surface area contributed by atoms with Crippen LogP contribution in [0, 0.1) is 5.92 Å². The van der Waals surface area contributed by atoms with Crippen molar-refractivity contribution in [1.29, 1.82) is 0 Å². The SMILES string of the molecule is CCC(C)COCCOCc1ccccc1. The Hall–Kier alpha value is -0.860. The quantitative estimate of drug-likeness (QED) is 0.628. The fraction of sp³-hybridized carbons (Fsp3) is 0.571. The van der Waals surface area contributed by atoms with Gasteiger partial charge in [0.2, 0.25) is 0 Å². The Kier molecular flexibility index (Phi) is 6.86. The second-order valence-corrected chi connectivity index (χ2v) is 4.13. The van der Waals surface area contributed by atoms with Crippen molar-refractivity contribution in [1.82, 2.24) is 0 Å². The van der Waals surface area contributed by atoms with E-state index in [9.17, 15) is 0 Å². The smallest absolute Gasteiger partial charge is 0.0718 e. The fourth-order valence-electron chi connectivity index (χ4n) is 1.28. The van der Waals surface area contributed by atoms with Gasteiger partial charge < -0.3 is 9.47 Å². The molecule has 1 aromatic rings. The first-order valence-electron chi connectivity index (χ1n) is 6.02. The van der Waals surface area contributed by atoms with Gasteiger partial charge in [0.15, 0.2) is 0 Å². The maximum atomic E-state index is 5.51. The van der Waals surface area contributed by atoms with E-state index >= 15 is 0 Å². The Morgan fingerprint density at radius 1 is 1.06 bits per heavy atom. The van der Waals surface area contributed by atoms with Gasteiger partial charge in [0.25, 0.3) is 0 Å². The van der Waals surface area contributed by atoms with Crippen LogP contribution >= 0.6 is 0 Å². The Bertz CT molecular complexity index is 259. The number of rotatable bonds is 8. The fourth-order valence-corrected chi connectivity index (χ4v) is 1.28. The first-order valence-corrected chi connectivity index (χ1v) is 6.02. The molecule has 90 valence electrons. The van der Waals surface area contributed by atoms with Crippen LogP contribution in [-0.4, -0.2) is 19.8 Å². The highest BCUT2D eigenvalue weighted by molar-refractivity contribution is 5.13. The summed E-state index contributed by atoms with van der Waals surface area (Å²) in [5.74, 6) is 0.647. The van der Waals surface area contributed by atoms with E-state index in [-0.39, 0.29) is 0 Å². The average molecular weight is 222 g/mol. The Labute approximate surface area is 98.6 Å². The van der Waals surface area contributed by atoms with Crippen LogP contribution in [0.15, 0.2) is 30.3 Å². The molecule has 0 aliphatic rings. The lowest BCUT2D eigenvalue weighted by Crippen LogP contribution is -2.09. The second kappa shape index (κ2) is 8.31. The minimum atomic E-state index is 0.647. The largest absolute Gasteiger partial charge is 0.379 e. The van der Waals surface area contributed by atoms with Crippen molar-refractivity contribution < 1.29 is 9.47 Å². The van der Waals surface area contributed by atoms with Gasteiger partial charge >= 0.3 is 0 Å². The van der Waals surface area contributed by atoms with Gasteiger partial charge in [-0.05, 0) is 11.5 Å². The zero-order valence-electron chi connectivity index (χ0n) is 10.3. The van der Waals surface area contributed by atoms with Crippen LogP contribution in [0.1, 0.15) is 25.8 Å². The van der Waals surface area contributed by atoms with E-state index in [1.807, 2.05) is 18.2 Å². The van der Waals surface area contributed by atoms with Crippen molar-refractivity contribution in [2.75, 3.05) is 19.8 Å². The first-order chi connectivity index (χ1) is 7.83. The Morgan fingerprint density at radius 3 is 2.44 bits per heavy atom. The topological polar surface area (TPSA) is 18.5 Å². The van der Waals surface area contributed by atoms with Gasteiger partial charge in [0, 0.05) is 6.61 Å². The van der Waals surface area contributed by atoms with Crippen LogP contribution in [0.4, 0.5) is 0 Å². The second-order valence-electron chi connectivity index (χ2n) is 4.13. The Morgan fingerprint density at radius 2 is 1.75 bits per heavy atom. The maximum Gasteiger partial charge on any atom is 0.0718 e. The van der Waals surface area contributed by atoms with Crippen LogP contribution in [0.25, 0.3) is 0 Å². The highest BCUT2D eigenvalue weighted by Gasteiger charge is 1.98. The molecule has 2 nitrogen and oxygen atoms in total. The van der Waals surface area contributed by atoms with Gasteiger partial charge in [-0.2, -0.15) is 0 Å². The maximum absolute atomic E-state index is 5.51. The molecule has 0 aromatic heterocycles. The lowest BCUT2D eigenvalue weighted by molar-refractivity contribution is 0.0291. The van der Waals surface area contributed by atoms with Crippen molar-refractivity contribution in [3.63, 3.8) is 0 Å². The summed E-state index contributed by atoms with van der Waals surface area (Å²) < 4.78 is 11.0. The molecule has 0 saturated heterocycles. The van der Waals surface area contributed by atoms with Crippen molar-refractivity contribution >= 4 is 0 Å². The molecule has 0 aliphatic heterocycles. The summed E-state index contributed by atoms with van der Waals surface area (Å²) in [6.07, 6.45) is 1.17. The number of benzene rings is 1. The summed E-state index contributed by atoms with van der Waals surface area (Å²) in [5.41, 5.74) is 1.21. The lowest BCUT2D eigenvalue weighted by Gasteiger charge is -2.09. The number of ether oxygens (including phenoxy) is 2. The summed E-state index contributed by atoms with van der Waals surface area (Å²) in [4.78, 5) is 0. The van der Waals surface area contributed by atoms with Crippen molar-refractivity contribution in [3.8, 4) is 0 Å². The summed E-state index contributed by atoms with van der Waals surface area (Å²) in [6, 6.07) is 10.2. The van der Waals surface area contributed by atoms with Crippen LogP contribution in [0.5, 0.6) is 0 Å². The van der Waals surface area contributed by atoms with Crippen LogP contribution < -0.4 is 0 Å². The highest BCUT2D eigenvalue weighted by Crippen LogP contribution is 2.02. The van der Waals surface area contributed by atoms with Gasteiger partial charge in [0.05, 0.1) is 19.8 Å².